The van der Waals surface area contributed by atoms with Gasteiger partial charge in [-0.2, -0.15) is 0 Å². The summed E-state index contributed by atoms with van der Waals surface area (Å²) in [4.78, 5) is 2.52. The van der Waals surface area contributed by atoms with Crippen molar-refractivity contribution in [3.8, 4) is 33.4 Å². The third-order valence-corrected chi connectivity index (χ3v) is 12.6. The molecule has 8 aromatic carbocycles. The topological polar surface area (TPSA) is 3.24 Å². The van der Waals surface area contributed by atoms with Gasteiger partial charge in [0.05, 0.1) is 11.1 Å². The zero-order chi connectivity index (χ0) is 36.0. The van der Waals surface area contributed by atoms with Gasteiger partial charge >= 0.3 is 0 Å². The minimum Gasteiger partial charge on any atom is -0.310 e. The van der Waals surface area contributed by atoms with Crippen LogP contribution in [0.15, 0.2) is 188 Å². The van der Waals surface area contributed by atoms with Crippen molar-refractivity contribution in [3.63, 3.8) is 0 Å². The van der Waals surface area contributed by atoms with E-state index < -0.39 is 5.41 Å². The number of nitrogens with zero attached hydrogens (tertiary/aromatic N) is 1. The number of hydrogen-bond donors (Lipinski definition) is 0. The standard InChI is InChI=1S/C53H39N/c1-52(2)46-23-12-8-19-41(46)42-32-31-40(34-49(42)52)54(39-29-27-36(28-30-39)35-15-4-3-5-16-35)50-26-14-25-48-51(50)43-20-9-13-24-47(43)53(48)44-21-10-6-17-37(44)33-38-18-7-11-22-45(38)53/h3-32,34H,33H2,1-2H3. The van der Waals surface area contributed by atoms with Gasteiger partial charge in [0.2, 0.25) is 0 Å². The molecule has 0 amide bonds. The van der Waals surface area contributed by atoms with Gasteiger partial charge in [0, 0.05) is 22.4 Å². The molecule has 3 aliphatic rings. The second kappa shape index (κ2) is 11.5. The minimum atomic E-state index is -0.419. The van der Waals surface area contributed by atoms with E-state index in [-0.39, 0.29) is 5.41 Å². The predicted molar refractivity (Wildman–Crippen MR) is 224 cm³/mol. The van der Waals surface area contributed by atoms with Crippen LogP contribution in [0, 0.1) is 0 Å². The molecule has 0 aromatic heterocycles. The van der Waals surface area contributed by atoms with Crippen LogP contribution in [-0.2, 0) is 17.3 Å². The Labute approximate surface area is 317 Å². The first kappa shape index (κ1) is 31.1. The molecule has 0 N–H and O–H groups in total. The molecule has 0 aliphatic heterocycles. The second-order valence-corrected chi connectivity index (χ2v) is 15.6. The van der Waals surface area contributed by atoms with Gasteiger partial charge < -0.3 is 4.90 Å². The highest BCUT2D eigenvalue weighted by molar-refractivity contribution is 5.98. The molecule has 0 saturated heterocycles. The van der Waals surface area contributed by atoms with Crippen molar-refractivity contribution in [2.24, 2.45) is 0 Å². The summed E-state index contributed by atoms with van der Waals surface area (Å²) in [6.07, 6.45) is 0.943. The molecule has 0 atom stereocenters. The van der Waals surface area contributed by atoms with E-state index in [0.29, 0.717) is 0 Å². The normalized spacial score (nSPS) is 14.7. The van der Waals surface area contributed by atoms with Crippen molar-refractivity contribution in [3.05, 3.63) is 233 Å². The van der Waals surface area contributed by atoms with Crippen LogP contribution in [0.25, 0.3) is 33.4 Å². The van der Waals surface area contributed by atoms with Crippen LogP contribution in [0.1, 0.15) is 58.4 Å². The van der Waals surface area contributed by atoms with E-state index in [1.165, 1.54) is 89.3 Å². The number of rotatable bonds is 4. The maximum atomic E-state index is 2.52. The van der Waals surface area contributed by atoms with Gasteiger partial charge in [-0.25, -0.2) is 0 Å². The van der Waals surface area contributed by atoms with Crippen LogP contribution in [-0.4, -0.2) is 0 Å². The van der Waals surface area contributed by atoms with Gasteiger partial charge in [-0.1, -0.05) is 172 Å². The summed E-state index contributed by atoms with van der Waals surface area (Å²) in [6.45, 7) is 4.75. The number of fused-ring (bicyclic) bond motifs is 12. The van der Waals surface area contributed by atoms with Gasteiger partial charge in [0.15, 0.2) is 0 Å². The van der Waals surface area contributed by atoms with E-state index in [9.17, 15) is 0 Å². The maximum absolute atomic E-state index is 2.52. The fraction of sp³-hybridized carbons (Fsp3) is 0.0943. The van der Waals surface area contributed by atoms with E-state index >= 15 is 0 Å². The van der Waals surface area contributed by atoms with Crippen molar-refractivity contribution in [2.45, 2.75) is 31.1 Å². The molecule has 1 nitrogen and oxygen atoms in total. The Hall–Kier alpha value is -6.44. The third-order valence-electron chi connectivity index (χ3n) is 12.6. The molecule has 0 bridgehead atoms. The molecule has 8 aromatic rings. The fourth-order valence-corrected chi connectivity index (χ4v) is 10.2. The van der Waals surface area contributed by atoms with Crippen LogP contribution < -0.4 is 4.90 Å². The number of hydrogen-bond acceptors (Lipinski definition) is 1. The van der Waals surface area contributed by atoms with Crippen molar-refractivity contribution >= 4 is 17.1 Å². The zero-order valence-corrected chi connectivity index (χ0v) is 30.6. The second-order valence-electron chi connectivity index (χ2n) is 15.6. The molecule has 0 fully saturated rings. The molecule has 0 saturated carbocycles. The molecule has 11 rings (SSSR count). The first-order valence-corrected chi connectivity index (χ1v) is 19.2. The van der Waals surface area contributed by atoms with Crippen molar-refractivity contribution in [2.75, 3.05) is 4.90 Å². The molecule has 3 aliphatic carbocycles. The summed E-state index contributed by atoms with van der Waals surface area (Å²) in [5, 5.41) is 0. The fourth-order valence-electron chi connectivity index (χ4n) is 10.2. The lowest BCUT2D eigenvalue weighted by Gasteiger charge is -2.40. The Kier molecular flexibility index (Phi) is 6.64. The van der Waals surface area contributed by atoms with Gasteiger partial charge in [0.25, 0.3) is 0 Å². The molecule has 0 heterocycles. The van der Waals surface area contributed by atoms with Crippen molar-refractivity contribution in [1.82, 2.24) is 0 Å². The lowest BCUT2D eigenvalue weighted by atomic mass is 9.61. The van der Waals surface area contributed by atoms with E-state index in [1.54, 1.807) is 0 Å². The smallest absolute Gasteiger partial charge is 0.0719 e. The maximum Gasteiger partial charge on any atom is 0.0719 e. The molecular formula is C53H39N. The van der Waals surface area contributed by atoms with Gasteiger partial charge in [-0.3, -0.25) is 0 Å². The van der Waals surface area contributed by atoms with Crippen LogP contribution in [0.3, 0.4) is 0 Å². The first-order valence-electron chi connectivity index (χ1n) is 19.2. The Bertz CT molecular complexity index is 2720. The number of anilines is 3. The Morgan fingerprint density at radius 3 is 1.65 bits per heavy atom. The highest BCUT2D eigenvalue weighted by Gasteiger charge is 2.50. The highest BCUT2D eigenvalue weighted by Crippen LogP contribution is 2.62. The molecule has 256 valence electrons. The number of benzene rings is 8. The lowest BCUT2D eigenvalue weighted by Crippen LogP contribution is -2.34. The molecule has 0 radical (unpaired) electrons. The van der Waals surface area contributed by atoms with E-state index in [4.69, 9.17) is 0 Å². The summed E-state index contributed by atoms with van der Waals surface area (Å²) >= 11 is 0. The van der Waals surface area contributed by atoms with Gasteiger partial charge in [-0.15, -0.1) is 0 Å². The van der Waals surface area contributed by atoms with Crippen LogP contribution in [0.4, 0.5) is 17.1 Å². The van der Waals surface area contributed by atoms with E-state index in [1.807, 2.05) is 0 Å². The zero-order valence-electron chi connectivity index (χ0n) is 30.6. The van der Waals surface area contributed by atoms with Crippen LogP contribution in [0.2, 0.25) is 0 Å². The molecular weight excluding hydrogens is 651 g/mol. The van der Waals surface area contributed by atoms with E-state index in [2.05, 4.69) is 207 Å². The van der Waals surface area contributed by atoms with Crippen molar-refractivity contribution in [1.29, 1.82) is 0 Å². The Morgan fingerprint density at radius 1 is 0.389 bits per heavy atom. The van der Waals surface area contributed by atoms with Gasteiger partial charge in [-0.05, 0) is 109 Å². The molecule has 54 heavy (non-hydrogen) atoms. The molecule has 1 heteroatoms. The largest absolute Gasteiger partial charge is 0.310 e. The monoisotopic (exact) mass is 689 g/mol. The predicted octanol–water partition coefficient (Wildman–Crippen LogP) is 13.4. The highest BCUT2D eigenvalue weighted by atomic mass is 15.1. The summed E-state index contributed by atoms with van der Waals surface area (Å²) in [7, 11) is 0. The average Bonchev–Trinajstić information content (AvgIpc) is 3.65. The van der Waals surface area contributed by atoms with Crippen LogP contribution in [0.5, 0.6) is 0 Å². The quantitative estimate of drug-likeness (QED) is 0.178. The third kappa shape index (κ3) is 4.21. The summed E-state index contributed by atoms with van der Waals surface area (Å²) in [5.41, 5.74) is 21.7. The lowest BCUT2D eigenvalue weighted by molar-refractivity contribution is 0.660. The summed E-state index contributed by atoms with van der Waals surface area (Å²) in [6, 6.07) is 70.4. The Balaban J connectivity index is 1.19. The molecule has 0 unspecified atom stereocenters. The molecule has 1 spiro atoms. The summed E-state index contributed by atoms with van der Waals surface area (Å²) < 4.78 is 0. The Morgan fingerprint density at radius 2 is 0.926 bits per heavy atom. The summed E-state index contributed by atoms with van der Waals surface area (Å²) in [5.74, 6) is 0. The van der Waals surface area contributed by atoms with Crippen molar-refractivity contribution < 1.29 is 0 Å². The minimum absolute atomic E-state index is 0.115. The van der Waals surface area contributed by atoms with E-state index in [0.717, 1.165) is 12.1 Å². The SMILES string of the molecule is CC1(C)c2ccccc2-c2ccc(N(c3ccc(-c4ccccc4)cc3)c3cccc4c3-c3ccccc3C43c4ccccc4Cc4ccccc43)cc21. The van der Waals surface area contributed by atoms with Crippen LogP contribution >= 0.6 is 0 Å². The first-order chi connectivity index (χ1) is 26.5. The average molecular weight is 690 g/mol. The van der Waals surface area contributed by atoms with Gasteiger partial charge in [0.1, 0.15) is 0 Å².